The molecule has 1 amide bonds. The van der Waals surface area contributed by atoms with Crippen molar-refractivity contribution < 1.29 is 9.72 Å². The highest BCUT2D eigenvalue weighted by atomic mass is 16.6. The van der Waals surface area contributed by atoms with E-state index in [1.54, 1.807) is 13.0 Å². The van der Waals surface area contributed by atoms with E-state index in [-0.39, 0.29) is 11.6 Å². The number of hydrogen-bond donors (Lipinski definition) is 1. The maximum atomic E-state index is 12.8. The number of aryl methyl sites for hydroxylation is 1. The van der Waals surface area contributed by atoms with Gasteiger partial charge < -0.3 is 5.32 Å². The molecular weight excluding hydrogens is 304 g/mol. The van der Waals surface area contributed by atoms with Gasteiger partial charge in [-0.25, -0.2) is 0 Å². The average Bonchev–Trinajstić information content (AvgIpc) is 2.53. The number of nitro benzene ring substituents is 1. The number of amides is 1. The van der Waals surface area contributed by atoms with Crippen LogP contribution in [-0.4, -0.2) is 10.8 Å². The van der Waals surface area contributed by atoms with Gasteiger partial charge in [-0.1, -0.05) is 0 Å². The second kappa shape index (κ2) is 6.43. The third-order valence-electron chi connectivity index (χ3n) is 4.90. The van der Waals surface area contributed by atoms with Crippen molar-refractivity contribution in [2.45, 2.75) is 41.5 Å². The Morgan fingerprint density at radius 2 is 1.42 bits per heavy atom. The highest BCUT2D eigenvalue weighted by molar-refractivity contribution is 6.07. The fourth-order valence-electron chi connectivity index (χ4n) is 2.93. The summed E-state index contributed by atoms with van der Waals surface area (Å²) < 4.78 is 0. The molecule has 0 spiro atoms. The van der Waals surface area contributed by atoms with Crippen LogP contribution in [0.5, 0.6) is 0 Å². The van der Waals surface area contributed by atoms with Gasteiger partial charge in [-0.05, 0) is 81.0 Å². The van der Waals surface area contributed by atoms with E-state index in [0.29, 0.717) is 16.8 Å². The molecule has 0 aliphatic carbocycles. The lowest BCUT2D eigenvalue weighted by Crippen LogP contribution is -2.18. The van der Waals surface area contributed by atoms with Gasteiger partial charge in [-0.2, -0.15) is 0 Å². The predicted octanol–water partition coefficient (Wildman–Crippen LogP) is 4.70. The number of anilines is 1. The first-order chi connectivity index (χ1) is 11.1. The molecule has 126 valence electrons. The number of hydrogen-bond acceptors (Lipinski definition) is 3. The number of carbonyl (C=O) groups is 1. The molecule has 0 radical (unpaired) electrons. The van der Waals surface area contributed by atoms with Gasteiger partial charge in [0.05, 0.1) is 4.92 Å². The summed E-state index contributed by atoms with van der Waals surface area (Å²) in [6, 6.07) is 4.43. The minimum Gasteiger partial charge on any atom is -0.322 e. The minimum atomic E-state index is -0.445. The molecule has 0 saturated heterocycles. The zero-order valence-corrected chi connectivity index (χ0v) is 14.9. The van der Waals surface area contributed by atoms with E-state index in [4.69, 9.17) is 0 Å². The summed E-state index contributed by atoms with van der Waals surface area (Å²) in [6.07, 6.45) is 0. The van der Waals surface area contributed by atoms with Crippen molar-refractivity contribution in [2.24, 2.45) is 0 Å². The van der Waals surface area contributed by atoms with Crippen LogP contribution in [0.4, 0.5) is 11.4 Å². The summed E-state index contributed by atoms with van der Waals surface area (Å²) >= 11 is 0. The standard InChI is InChI=1S/C19H22N2O3/c1-10-9-16(21(23)24)7-8-17(10)20-19(22)18-14(5)12(3)11(2)13(4)15(18)6/h7-9H,1-6H3,(H,20,22). The molecule has 5 nitrogen and oxygen atoms in total. The first-order valence-corrected chi connectivity index (χ1v) is 7.78. The van der Waals surface area contributed by atoms with Crippen molar-refractivity contribution in [1.29, 1.82) is 0 Å². The molecule has 5 heteroatoms. The summed E-state index contributed by atoms with van der Waals surface area (Å²) in [5.41, 5.74) is 7.29. The van der Waals surface area contributed by atoms with Crippen molar-refractivity contribution >= 4 is 17.3 Å². The van der Waals surface area contributed by atoms with E-state index >= 15 is 0 Å². The molecule has 0 fully saturated rings. The van der Waals surface area contributed by atoms with Crippen LogP contribution in [0.2, 0.25) is 0 Å². The first-order valence-electron chi connectivity index (χ1n) is 7.78. The maximum Gasteiger partial charge on any atom is 0.269 e. The fraction of sp³-hybridized carbons (Fsp3) is 0.316. The van der Waals surface area contributed by atoms with E-state index in [1.165, 1.54) is 17.7 Å². The summed E-state index contributed by atoms with van der Waals surface area (Å²) in [7, 11) is 0. The van der Waals surface area contributed by atoms with Crippen LogP contribution >= 0.6 is 0 Å². The minimum absolute atomic E-state index is 0.0138. The van der Waals surface area contributed by atoms with Crippen molar-refractivity contribution in [3.8, 4) is 0 Å². The SMILES string of the molecule is Cc1cc([N+](=O)[O-])ccc1NC(=O)c1c(C)c(C)c(C)c(C)c1C. The van der Waals surface area contributed by atoms with Gasteiger partial charge in [-0.3, -0.25) is 14.9 Å². The van der Waals surface area contributed by atoms with Gasteiger partial charge in [0.15, 0.2) is 0 Å². The lowest BCUT2D eigenvalue weighted by Gasteiger charge is -2.18. The Kier molecular flexibility index (Phi) is 4.73. The van der Waals surface area contributed by atoms with Gasteiger partial charge in [0.2, 0.25) is 0 Å². The molecule has 2 aromatic carbocycles. The molecule has 0 aliphatic rings. The Labute approximate surface area is 141 Å². The van der Waals surface area contributed by atoms with E-state index < -0.39 is 4.92 Å². The lowest BCUT2D eigenvalue weighted by atomic mass is 9.89. The van der Waals surface area contributed by atoms with Crippen molar-refractivity contribution in [3.63, 3.8) is 0 Å². The zero-order valence-electron chi connectivity index (χ0n) is 14.9. The predicted molar refractivity (Wildman–Crippen MR) is 95.9 cm³/mol. The van der Waals surface area contributed by atoms with Crippen molar-refractivity contribution in [3.05, 3.63) is 67.3 Å². The van der Waals surface area contributed by atoms with E-state index in [0.717, 1.165) is 22.3 Å². The van der Waals surface area contributed by atoms with Gasteiger partial charge in [0.25, 0.3) is 11.6 Å². The Morgan fingerprint density at radius 3 is 1.88 bits per heavy atom. The molecule has 2 rings (SSSR count). The van der Waals surface area contributed by atoms with Crippen LogP contribution in [-0.2, 0) is 0 Å². The smallest absolute Gasteiger partial charge is 0.269 e. The van der Waals surface area contributed by atoms with Gasteiger partial charge in [-0.15, -0.1) is 0 Å². The zero-order chi connectivity index (χ0) is 18.2. The van der Waals surface area contributed by atoms with Crippen LogP contribution < -0.4 is 5.32 Å². The molecule has 24 heavy (non-hydrogen) atoms. The summed E-state index contributed by atoms with van der Waals surface area (Å²) in [5.74, 6) is -0.187. The number of non-ortho nitro benzene ring substituents is 1. The number of nitrogens with one attached hydrogen (secondary N) is 1. The number of carbonyl (C=O) groups excluding carboxylic acids is 1. The topological polar surface area (TPSA) is 72.2 Å². The second-order valence-electron chi connectivity index (χ2n) is 6.21. The molecule has 0 atom stereocenters. The number of rotatable bonds is 3. The van der Waals surface area contributed by atoms with Crippen molar-refractivity contribution in [1.82, 2.24) is 0 Å². The molecule has 0 aromatic heterocycles. The van der Waals surface area contributed by atoms with Crippen LogP contribution in [0.1, 0.15) is 43.7 Å². The summed E-state index contributed by atoms with van der Waals surface area (Å²) in [5, 5.41) is 13.7. The molecule has 0 aliphatic heterocycles. The first kappa shape index (κ1) is 17.7. The van der Waals surface area contributed by atoms with E-state index in [2.05, 4.69) is 12.2 Å². The maximum absolute atomic E-state index is 12.8. The van der Waals surface area contributed by atoms with Crippen LogP contribution in [0.15, 0.2) is 18.2 Å². The van der Waals surface area contributed by atoms with E-state index in [9.17, 15) is 14.9 Å². The molecule has 0 heterocycles. The summed E-state index contributed by atoms with van der Waals surface area (Å²) in [4.78, 5) is 23.2. The Hall–Kier alpha value is -2.69. The molecular formula is C19H22N2O3. The quantitative estimate of drug-likeness (QED) is 0.656. The highest BCUT2D eigenvalue weighted by Crippen LogP contribution is 2.28. The number of nitrogens with zero attached hydrogens (tertiary/aromatic N) is 1. The molecule has 0 bridgehead atoms. The number of nitro groups is 1. The largest absolute Gasteiger partial charge is 0.322 e. The normalized spacial score (nSPS) is 10.6. The molecule has 2 aromatic rings. The number of benzene rings is 2. The summed E-state index contributed by atoms with van der Waals surface area (Å²) in [6.45, 7) is 11.7. The molecule has 0 unspecified atom stereocenters. The average molecular weight is 326 g/mol. The fourth-order valence-corrected chi connectivity index (χ4v) is 2.93. The Bertz CT molecular complexity index is 825. The van der Waals surface area contributed by atoms with E-state index in [1.807, 2.05) is 27.7 Å². The Morgan fingerprint density at radius 1 is 0.917 bits per heavy atom. The third kappa shape index (κ3) is 3.02. The second-order valence-corrected chi connectivity index (χ2v) is 6.21. The van der Waals surface area contributed by atoms with Gasteiger partial charge in [0, 0.05) is 23.4 Å². The molecule has 1 N–H and O–H groups in total. The van der Waals surface area contributed by atoms with Crippen molar-refractivity contribution in [2.75, 3.05) is 5.32 Å². The van der Waals surface area contributed by atoms with Gasteiger partial charge in [0.1, 0.15) is 0 Å². The van der Waals surface area contributed by atoms with Crippen LogP contribution in [0, 0.1) is 51.7 Å². The Balaban J connectivity index is 2.43. The third-order valence-corrected chi connectivity index (χ3v) is 4.90. The molecule has 0 saturated carbocycles. The van der Waals surface area contributed by atoms with Gasteiger partial charge >= 0.3 is 0 Å². The van der Waals surface area contributed by atoms with Crippen LogP contribution in [0.25, 0.3) is 0 Å². The lowest BCUT2D eigenvalue weighted by molar-refractivity contribution is -0.384. The highest BCUT2D eigenvalue weighted by Gasteiger charge is 2.19. The van der Waals surface area contributed by atoms with Crippen LogP contribution in [0.3, 0.4) is 0 Å². The monoisotopic (exact) mass is 326 g/mol.